The molecule has 3 amide bonds. The second-order valence-corrected chi connectivity index (χ2v) is 6.91. The van der Waals surface area contributed by atoms with E-state index in [0.29, 0.717) is 13.0 Å². The van der Waals surface area contributed by atoms with Gasteiger partial charge in [-0.25, -0.2) is 4.79 Å². The van der Waals surface area contributed by atoms with E-state index in [1.807, 2.05) is 6.07 Å². The van der Waals surface area contributed by atoms with E-state index in [0.717, 1.165) is 24.1 Å². The van der Waals surface area contributed by atoms with Crippen LogP contribution in [0.3, 0.4) is 0 Å². The van der Waals surface area contributed by atoms with E-state index in [1.165, 1.54) is 13.2 Å². The van der Waals surface area contributed by atoms with Gasteiger partial charge < -0.3 is 20.3 Å². The lowest BCUT2D eigenvalue weighted by Gasteiger charge is -2.25. The maximum Gasteiger partial charge on any atom is 0.418 e. The van der Waals surface area contributed by atoms with Gasteiger partial charge in [0.1, 0.15) is 5.75 Å². The lowest BCUT2D eigenvalue weighted by Crippen LogP contribution is -2.40. The number of ether oxygens (including phenoxy) is 1. The van der Waals surface area contributed by atoms with E-state index >= 15 is 0 Å². The molecule has 1 aliphatic heterocycles. The Morgan fingerprint density at radius 1 is 1.20 bits per heavy atom. The number of hydrogen-bond acceptors (Lipinski definition) is 3. The number of urea groups is 1. The van der Waals surface area contributed by atoms with Crippen molar-refractivity contribution >= 4 is 17.6 Å². The largest absolute Gasteiger partial charge is 0.497 e. The first-order valence-electron chi connectivity index (χ1n) is 9.43. The van der Waals surface area contributed by atoms with Crippen molar-refractivity contribution in [1.29, 1.82) is 0 Å². The van der Waals surface area contributed by atoms with Crippen LogP contribution >= 0.6 is 0 Å². The number of likely N-dealkylation sites (tertiary alicyclic amines) is 1. The summed E-state index contributed by atoms with van der Waals surface area (Å²) < 4.78 is 45.0. The van der Waals surface area contributed by atoms with Crippen LogP contribution in [-0.4, -0.2) is 37.0 Å². The topological polar surface area (TPSA) is 70.7 Å². The fourth-order valence-corrected chi connectivity index (χ4v) is 3.35. The molecule has 1 unspecified atom stereocenters. The van der Waals surface area contributed by atoms with Crippen molar-refractivity contribution in [1.82, 2.24) is 10.2 Å². The minimum Gasteiger partial charge on any atom is -0.497 e. The average molecular weight is 421 g/mol. The quantitative estimate of drug-likeness (QED) is 0.735. The summed E-state index contributed by atoms with van der Waals surface area (Å²) in [6.45, 7) is 0.827. The van der Waals surface area contributed by atoms with Gasteiger partial charge in [0, 0.05) is 19.5 Å². The van der Waals surface area contributed by atoms with Crippen LogP contribution in [0.1, 0.15) is 30.0 Å². The van der Waals surface area contributed by atoms with E-state index in [2.05, 4.69) is 10.6 Å². The van der Waals surface area contributed by atoms with E-state index in [9.17, 15) is 22.8 Å². The lowest BCUT2D eigenvalue weighted by molar-refractivity contribution is -0.137. The van der Waals surface area contributed by atoms with Crippen molar-refractivity contribution in [2.75, 3.05) is 25.5 Å². The molecule has 9 heteroatoms. The molecule has 2 aromatic carbocycles. The van der Waals surface area contributed by atoms with Gasteiger partial charge in [0.15, 0.2) is 0 Å². The second kappa shape index (κ2) is 9.06. The molecule has 2 aromatic rings. The summed E-state index contributed by atoms with van der Waals surface area (Å²) in [7, 11) is 1.26. The highest BCUT2D eigenvalue weighted by atomic mass is 19.4. The molecule has 0 aromatic heterocycles. The highest BCUT2D eigenvalue weighted by molar-refractivity contribution is 5.90. The Morgan fingerprint density at radius 3 is 2.53 bits per heavy atom. The summed E-state index contributed by atoms with van der Waals surface area (Å²) >= 11 is 0. The molecular weight excluding hydrogens is 399 g/mol. The first-order chi connectivity index (χ1) is 14.3. The van der Waals surface area contributed by atoms with Crippen molar-refractivity contribution in [2.24, 2.45) is 0 Å². The Labute approximate surface area is 172 Å². The number of amides is 3. The lowest BCUT2D eigenvalue weighted by atomic mass is 10.1. The molecule has 1 aliphatic rings. The predicted molar refractivity (Wildman–Crippen MR) is 105 cm³/mol. The van der Waals surface area contributed by atoms with Crippen LogP contribution < -0.4 is 15.4 Å². The smallest absolute Gasteiger partial charge is 0.418 e. The zero-order valence-electron chi connectivity index (χ0n) is 16.3. The van der Waals surface area contributed by atoms with Crippen LogP contribution in [0.25, 0.3) is 0 Å². The summed E-state index contributed by atoms with van der Waals surface area (Å²) in [5, 5.41) is 4.97. The van der Waals surface area contributed by atoms with Gasteiger partial charge in [-0.05, 0) is 30.2 Å². The molecule has 1 fully saturated rings. The van der Waals surface area contributed by atoms with E-state index in [1.54, 1.807) is 29.2 Å². The first-order valence-corrected chi connectivity index (χ1v) is 9.43. The molecule has 0 spiro atoms. The van der Waals surface area contributed by atoms with Crippen LogP contribution in [0, 0.1) is 0 Å². The van der Waals surface area contributed by atoms with E-state index in [-0.39, 0.29) is 23.9 Å². The number of carbonyl (C=O) groups excluding carboxylic acids is 2. The number of methoxy groups -OCH3 is 1. The average Bonchev–Trinajstić information content (AvgIpc) is 3.12. The summed E-state index contributed by atoms with van der Waals surface area (Å²) in [5.41, 5.74) is -0.647. The maximum atomic E-state index is 13.4. The van der Waals surface area contributed by atoms with Gasteiger partial charge in [0.2, 0.25) is 5.91 Å². The second-order valence-electron chi connectivity index (χ2n) is 6.91. The number of carbonyl (C=O) groups is 2. The van der Waals surface area contributed by atoms with E-state index < -0.39 is 23.8 Å². The zero-order chi connectivity index (χ0) is 21.7. The Hall–Kier alpha value is -3.23. The summed E-state index contributed by atoms with van der Waals surface area (Å²) in [5.74, 6) is 0.0237. The van der Waals surface area contributed by atoms with Crippen LogP contribution in [0.2, 0.25) is 0 Å². The van der Waals surface area contributed by atoms with Crippen LogP contribution in [-0.2, 0) is 11.0 Å². The maximum absolute atomic E-state index is 13.4. The SMILES string of the molecule is COc1ccc(NC(=O)NC(CN2CCCC2=O)c2ccccc2)c(C(F)(F)F)c1. The van der Waals surface area contributed by atoms with Gasteiger partial charge in [-0.3, -0.25) is 4.79 Å². The van der Waals surface area contributed by atoms with Gasteiger partial charge in [-0.15, -0.1) is 0 Å². The minimum atomic E-state index is -4.67. The Balaban J connectivity index is 1.78. The molecule has 0 bridgehead atoms. The fraction of sp³-hybridized carbons (Fsp3) is 0.333. The van der Waals surface area contributed by atoms with Crippen molar-refractivity contribution in [2.45, 2.75) is 25.1 Å². The Kier molecular flexibility index (Phi) is 6.49. The van der Waals surface area contributed by atoms with Crippen molar-refractivity contribution < 1.29 is 27.5 Å². The number of rotatable bonds is 6. The number of hydrogen-bond donors (Lipinski definition) is 2. The number of benzene rings is 2. The molecule has 0 aliphatic carbocycles. The summed E-state index contributed by atoms with van der Waals surface area (Å²) in [6, 6.07) is 10.9. The Bertz CT molecular complexity index is 903. The third-order valence-electron chi connectivity index (χ3n) is 4.86. The van der Waals surface area contributed by atoms with E-state index in [4.69, 9.17) is 4.74 Å². The number of nitrogens with zero attached hydrogens (tertiary/aromatic N) is 1. The number of alkyl halides is 3. The molecule has 1 atom stereocenters. The van der Waals surface area contributed by atoms with Gasteiger partial charge in [0.25, 0.3) is 0 Å². The summed E-state index contributed by atoms with van der Waals surface area (Å²) in [4.78, 5) is 26.2. The standard InChI is InChI=1S/C21H22F3N3O3/c1-30-15-9-10-17(16(12-15)21(22,23)24)25-20(29)26-18(14-6-3-2-4-7-14)13-27-11-5-8-19(27)28/h2-4,6-7,9-10,12,18H,5,8,11,13H2,1H3,(H2,25,26,29). The molecule has 30 heavy (non-hydrogen) atoms. The molecule has 0 radical (unpaired) electrons. The molecule has 2 N–H and O–H groups in total. The molecule has 160 valence electrons. The number of halogens is 3. The molecule has 6 nitrogen and oxygen atoms in total. The van der Waals surface area contributed by atoms with Crippen molar-refractivity contribution in [3.8, 4) is 5.75 Å². The highest BCUT2D eigenvalue weighted by Gasteiger charge is 2.35. The Morgan fingerprint density at radius 2 is 1.93 bits per heavy atom. The third-order valence-corrected chi connectivity index (χ3v) is 4.86. The van der Waals surface area contributed by atoms with Gasteiger partial charge in [-0.1, -0.05) is 30.3 Å². The third kappa shape index (κ3) is 5.22. The van der Waals surface area contributed by atoms with Gasteiger partial charge in [-0.2, -0.15) is 13.2 Å². The monoisotopic (exact) mass is 421 g/mol. The first kappa shape index (κ1) is 21.5. The molecule has 1 saturated heterocycles. The van der Waals surface area contributed by atoms with Gasteiger partial charge in [0.05, 0.1) is 24.4 Å². The minimum absolute atomic E-state index is 0.00680. The molecule has 0 saturated carbocycles. The number of anilines is 1. The molecular formula is C21H22F3N3O3. The van der Waals surface area contributed by atoms with Crippen LogP contribution in [0.5, 0.6) is 5.75 Å². The fourth-order valence-electron chi connectivity index (χ4n) is 3.35. The van der Waals surface area contributed by atoms with Crippen LogP contribution in [0.4, 0.5) is 23.7 Å². The van der Waals surface area contributed by atoms with Crippen molar-refractivity contribution in [3.63, 3.8) is 0 Å². The normalized spacial score (nSPS) is 15.1. The number of nitrogens with one attached hydrogen (secondary N) is 2. The molecule has 3 rings (SSSR count). The molecule has 1 heterocycles. The van der Waals surface area contributed by atoms with Crippen molar-refractivity contribution in [3.05, 3.63) is 59.7 Å². The van der Waals surface area contributed by atoms with Gasteiger partial charge >= 0.3 is 12.2 Å². The van der Waals surface area contributed by atoms with Crippen LogP contribution in [0.15, 0.2) is 48.5 Å². The highest BCUT2D eigenvalue weighted by Crippen LogP contribution is 2.37. The zero-order valence-corrected chi connectivity index (χ0v) is 16.3. The summed E-state index contributed by atoms with van der Waals surface area (Å²) in [6.07, 6.45) is -3.47. The predicted octanol–water partition coefficient (Wildman–Crippen LogP) is 4.20.